The van der Waals surface area contributed by atoms with E-state index in [4.69, 9.17) is 0 Å². The average molecular weight is 225 g/mol. The van der Waals surface area contributed by atoms with E-state index in [-0.39, 0.29) is 5.57 Å². The highest BCUT2D eigenvalue weighted by molar-refractivity contribution is 5.26. The van der Waals surface area contributed by atoms with Gasteiger partial charge in [-0.2, -0.15) is 0 Å². The van der Waals surface area contributed by atoms with Gasteiger partial charge in [-0.25, -0.2) is 8.78 Å². The van der Waals surface area contributed by atoms with Gasteiger partial charge in [-0.1, -0.05) is 30.9 Å². The summed E-state index contributed by atoms with van der Waals surface area (Å²) in [5.74, 6) is 0.774. The first-order valence-electron chi connectivity index (χ1n) is 5.66. The largest absolute Gasteiger partial charge is 0.316 e. The number of halogens is 2. The Labute approximate surface area is 94.9 Å². The molecule has 2 atom stereocenters. The Hall–Kier alpha value is -0.960. The van der Waals surface area contributed by atoms with E-state index in [1.54, 1.807) is 0 Å². The molecule has 0 spiro atoms. The highest BCUT2D eigenvalue weighted by Crippen LogP contribution is 2.57. The second-order valence-electron chi connectivity index (χ2n) is 4.70. The van der Waals surface area contributed by atoms with E-state index in [1.807, 2.05) is 6.08 Å². The lowest BCUT2D eigenvalue weighted by Crippen LogP contribution is -2.15. The van der Waals surface area contributed by atoms with Crippen LogP contribution in [0.15, 0.2) is 36.5 Å². The zero-order valence-corrected chi connectivity index (χ0v) is 9.26. The molecule has 0 amide bonds. The van der Waals surface area contributed by atoms with Gasteiger partial charge in [0.1, 0.15) is 0 Å². The first kappa shape index (κ1) is 11.5. The van der Waals surface area contributed by atoms with Crippen molar-refractivity contribution >= 4 is 0 Å². The molecule has 0 aromatic carbocycles. The van der Waals surface area contributed by atoms with Gasteiger partial charge in [0.15, 0.2) is 0 Å². The van der Waals surface area contributed by atoms with Gasteiger partial charge in [0, 0.05) is 12.1 Å². The normalized spacial score (nSPS) is 33.4. The van der Waals surface area contributed by atoms with Crippen molar-refractivity contribution in [2.24, 2.45) is 11.3 Å². The molecule has 1 saturated carbocycles. The lowest BCUT2D eigenvalue weighted by molar-refractivity contribution is 0.194. The summed E-state index contributed by atoms with van der Waals surface area (Å²) in [6, 6.07) is 0. The molecule has 88 valence electrons. The molecule has 0 bridgehead atoms. The van der Waals surface area contributed by atoms with Crippen molar-refractivity contribution in [3.63, 3.8) is 0 Å². The van der Waals surface area contributed by atoms with Crippen LogP contribution in [0.25, 0.3) is 0 Å². The highest BCUT2D eigenvalue weighted by Gasteiger charge is 2.55. The molecule has 3 heteroatoms. The van der Waals surface area contributed by atoms with E-state index < -0.39 is 6.43 Å². The molecule has 1 N–H and O–H groups in total. The molecule has 0 aromatic heterocycles. The minimum Gasteiger partial charge on any atom is -0.316 e. The van der Waals surface area contributed by atoms with Crippen molar-refractivity contribution in [2.45, 2.75) is 19.3 Å². The van der Waals surface area contributed by atoms with Crippen molar-refractivity contribution in [1.29, 1.82) is 0 Å². The zero-order valence-electron chi connectivity index (χ0n) is 9.26. The molecular weight excluding hydrogens is 208 g/mol. The van der Waals surface area contributed by atoms with Crippen molar-refractivity contribution in [1.82, 2.24) is 5.32 Å². The van der Waals surface area contributed by atoms with Crippen LogP contribution in [0, 0.1) is 11.3 Å². The predicted molar refractivity (Wildman–Crippen MR) is 61.5 cm³/mol. The Morgan fingerprint density at radius 2 is 2.38 bits per heavy atom. The van der Waals surface area contributed by atoms with Crippen molar-refractivity contribution < 1.29 is 8.78 Å². The maximum absolute atomic E-state index is 12.5. The molecule has 2 unspecified atom stereocenters. The zero-order chi connectivity index (χ0) is 11.6. The van der Waals surface area contributed by atoms with E-state index in [9.17, 15) is 8.78 Å². The predicted octanol–water partition coefficient (Wildman–Crippen LogP) is 2.92. The van der Waals surface area contributed by atoms with Crippen LogP contribution in [0.5, 0.6) is 0 Å². The maximum atomic E-state index is 12.5. The van der Waals surface area contributed by atoms with E-state index in [2.05, 4.69) is 11.9 Å². The topological polar surface area (TPSA) is 12.0 Å². The molecule has 2 aliphatic rings. The van der Waals surface area contributed by atoms with Gasteiger partial charge in [-0.15, -0.1) is 0 Å². The van der Waals surface area contributed by atoms with Crippen LogP contribution in [0.4, 0.5) is 8.78 Å². The van der Waals surface area contributed by atoms with Crippen LogP contribution in [-0.2, 0) is 0 Å². The Bertz CT molecular complexity index is 333. The summed E-state index contributed by atoms with van der Waals surface area (Å²) >= 11 is 0. The van der Waals surface area contributed by atoms with E-state index in [0.717, 1.165) is 25.4 Å². The third kappa shape index (κ3) is 2.24. The molecule has 2 rings (SSSR count). The maximum Gasteiger partial charge on any atom is 0.263 e. The van der Waals surface area contributed by atoms with E-state index in [0.29, 0.717) is 5.41 Å². The molecule has 2 fully saturated rings. The Kier molecular flexibility index (Phi) is 3.24. The highest BCUT2D eigenvalue weighted by atomic mass is 19.3. The fraction of sp³-hybridized carbons (Fsp3) is 0.538. The van der Waals surface area contributed by atoms with Crippen LogP contribution in [-0.4, -0.2) is 19.5 Å². The second kappa shape index (κ2) is 4.50. The summed E-state index contributed by atoms with van der Waals surface area (Å²) in [5, 5.41) is 3.34. The number of allylic oxidation sites excluding steroid dienone is 5. The number of rotatable bonds is 5. The number of nitrogens with one attached hydrogen (secondary N) is 1. The van der Waals surface area contributed by atoms with Gasteiger partial charge in [-0.3, -0.25) is 0 Å². The third-order valence-electron chi connectivity index (χ3n) is 3.62. The van der Waals surface area contributed by atoms with Crippen LogP contribution >= 0.6 is 0 Å². The number of piperidine rings is 1. The number of fused-ring (bicyclic) bond motifs is 1. The second-order valence-corrected chi connectivity index (χ2v) is 4.70. The smallest absolute Gasteiger partial charge is 0.263 e. The molecular formula is C13H17F2N. The minimum absolute atomic E-state index is 0.0505. The number of hydrogen-bond donors (Lipinski definition) is 1. The van der Waals surface area contributed by atoms with E-state index >= 15 is 0 Å². The first-order chi connectivity index (χ1) is 7.68. The Morgan fingerprint density at radius 1 is 1.56 bits per heavy atom. The van der Waals surface area contributed by atoms with Crippen molar-refractivity contribution in [2.75, 3.05) is 13.1 Å². The summed E-state index contributed by atoms with van der Waals surface area (Å²) in [5.41, 5.74) is 0.437. The molecule has 1 aliphatic carbocycles. The lowest BCUT2D eigenvalue weighted by Gasteiger charge is -2.07. The van der Waals surface area contributed by atoms with E-state index in [1.165, 1.54) is 24.6 Å². The minimum atomic E-state index is -2.41. The van der Waals surface area contributed by atoms with Gasteiger partial charge < -0.3 is 5.32 Å². The van der Waals surface area contributed by atoms with Gasteiger partial charge >= 0.3 is 0 Å². The SMILES string of the molecule is C=C/C=C(\C=C/CC12CNCC1C2)C(F)F. The lowest BCUT2D eigenvalue weighted by atomic mass is 10.0. The summed E-state index contributed by atoms with van der Waals surface area (Å²) in [7, 11) is 0. The Morgan fingerprint density at radius 3 is 2.88 bits per heavy atom. The van der Waals surface area contributed by atoms with Gasteiger partial charge in [0.2, 0.25) is 0 Å². The van der Waals surface area contributed by atoms with Gasteiger partial charge in [-0.05, 0) is 30.7 Å². The molecule has 1 nitrogen and oxygen atoms in total. The Balaban J connectivity index is 1.89. The molecule has 1 heterocycles. The monoisotopic (exact) mass is 225 g/mol. The number of hydrogen-bond acceptors (Lipinski definition) is 1. The quantitative estimate of drug-likeness (QED) is 0.709. The summed E-state index contributed by atoms with van der Waals surface area (Å²) in [6.45, 7) is 5.57. The first-order valence-corrected chi connectivity index (χ1v) is 5.66. The molecule has 16 heavy (non-hydrogen) atoms. The van der Waals surface area contributed by atoms with Crippen molar-refractivity contribution in [3.05, 3.63) is 36.5 Å². The molecule has 1 saturated heterocycles. The van der Waals surface area contributed by atoms with Crippen LogP contribution < -0.4 is 5.32 Å². The van der Waals surface area contributed by atoms with Crippen LogP contribution in [0.1, 0.15) is 12.8 Å². The standard InChI is InChI=1S/C13H17F2N/c1-2-4-10(12(14)15)5-3-6-13-7-11(13)8-16-9-13/h2-5,11-12,16H,1,6-9H2/b5-3-,10-4+. The number of alkyl halides is 2. The van der Waals surface area contributed by atoms with Crippen molar-refractivity contribution in [3.8, 4) is 0 Å². The summed E-state index contributed by atoms with van der Waals surface area (Å²) in [6.07, 6.45) is 5.94. The van der Waals surface area contributed by atoms with Gasteiger partial charge in [0.25, 0.3) is 6.43 Å². The fourth-order valence-electron chi connectivity index (χ4n) is 2.52. The molecule has 1 aliphatic heterocycles. The van der Waals surface area contributed by atoms with Crippen LogP contribution in [0.3, 0.4) is 0 Å². The fourth-order valence-corrected chi connectivity index (χ4v) is 2.52. The average Bonchev–Trinajstić information content (AvgIpc) is 2.79. The van der Waals surface area contributed by atoms with Crippen LogP contribution in [0.2, 0.25) is 0 Å². The summed E-state index contributed by atoms with van der Waals surface area (Å²) < 4.78 is 25.0. The van der Waals surface area contributed by atoms with Gasteiger partial charge in [0.05, 0.1) is 0 Å². The molecule has 0 radical (unpaired) electrons. The summed E-state index contributed by atoms with van der Waals surface area (Å²) in [4.78, 5) is 0. The molecule has 0 aromatic rings. The third-order valence-corrected chi connectivity index (χ3v) is 3.62.